The zero-order valence-corrected chi connectivity index (χ0v) is 13.7. The van der Waals surface area contributed by atoms with Crippen LogP contribution in [0.5, 0.6) is 0 Å². The van der Waals surface area contributed by atoms with Crippen molar-refractivity contribution in [1.29, 1.82) is 0 Å². The molecule has 11 nitrogen and oxygen atoms in total. The highest BCUT2D eigenvalue weighted by atomic mass is 32.2. The molecular formula is C12H16N6O5S. The predicted octanol–water partition coefficient (Wildman–Crippen LogP) is -0.996. The van der Waals surface area contributed by atoms with Gasteiger partial charge >= 0.3 is 12.1 Å². The largest absolute Gasteiger partial charge is 0.416 e. The molecule has 1 aromatic heterocycles. The van der Waals surface area contributed by atoms with Crippen LogP contribution < -0.4 is 21.3 Å². The third-order valence-corrected chi connectivity index (χ3v) is 4.00. The van der Waals surface area contributed by atoms with Gasteiger partial charge in [-0.2, -0.15) is 0 Å². The molecule has 2 atom stereocenters. The number of nitrogens with zero attached hydrogens (tertiary/aromatic N) is 2. The van der Waals surface area contributed by atoms with Crippen LogP contribution in [0.15, 0.2) is 9.64 Å². The number of imide groups is 2. The number of nitrogens with one attached hydrogen (secondary N) is 4. The molecular weight excluding hydrogens is 340 g/mol. The highest BCUT2D eigenvalue weighted by Gasteiger charge is 2.34. The van der Waals surface area contributed by atoms with E-state index >= 15 is 0 Å². The molecule has 1 aliphatic heterocycles. The topological polar surface area (TPSA) is 155 Å². The standard InChI is InChI=1S/C12H16N6O5S/c1-5-6(9(20)16-11(22)14-5)3-8-17-18-12(23-8)24-4-7(19)15-10(21)13-2/h5-6H,3-4H2,1-2H3,(H2,13,15,19,21)(H2,14,16,20,22). The summed E-state index contributed by atoms with van der Waals surface area (Å²) < 4.78 is 5.36. The van der Waals surface area contributed by atoms with E-state index in [-0.39, 0.29) is 29.3 Å². The van der Waals surface area contributed by atoms with Crippen LogP contribution >= 0.6 is 11.8 Å². The lowest BCUT2D eigenvalue weighted by atomic mass is 9.95. The molecule has 1 aromatic rings. The number of rotatable bonds is 5. The number of thioether (sulfide) groups is 1. The first kappa shape index (κ1) is 17.7. The monoisotopic (exact) mass is 356 g/mol. The van der Waals surface area contributed by atoms with E-state index in [0.29, 0.717) is 0 Å². The van der Waals surface area contributed by atoms with E-state index < -0.39 is 29.8 Å². The van der Waals surface area contributed by atoms with E-state index in [1.165, 1.54) is 7.05 Å². The highest BCUT2D eigenvalue weighted by Crippen LogP contribution is 2.19. The number of carbonyl (C=O) groups is 4. The molecule has 0 spiro atoms. The lowest BCUT2D eigenvalue weighted by molar-refractivity contribution is -0.125. The predicted molar refractivity (Wildman–Crippen MR) is 81.0 cm³/mol. The third-order valence-electron chi connectivity index (χ3n) is 3.19. The normalized spacial score (nSPS) is 20.1. The average Bonchev–Trinajstić information content (AvgIpc) is 2.96. The van der Waals surface area contributed by atoms with Crippen molar-refractivity contribution in [2.45, 2.75) is 24.6 Å². The summed E-state index contributed by atoms with van der Waals surface area (Å²) in [4.78, 5) is 45.4. The second kappa shape index (κ2) is 7.77. The molecule has 6 amide bonds. The first-order valence-electron chi connectivity index (χ1n) is 6.97. The van der Waals surface area contributed by atoms with Gasteiger partial charge in [-0.25, -0.2) is 9.59 Å². The van der Waals surface area contributed by atoms with Gasteiger partial charge in [0.15, 0.2) is 0 Å². The van der Waals surface area contributed by atoms with Crippen LogP contribution in [0.4, 0.5) is 9.59 Å². The molecule has 4 N–H and O–H groups in total. The lowest BCUT2D eigenvalue weighted by Crippen LogP contribution is -2.57. The minimum absolute atomic E-state index is 0.0779. The van der Waals surface area contributed by atoms with Gasteiger partial charge in [-0.1, -0.05) is 11.8 Å². The Morgan fingerprint density at radius 3 is 2.75 bits per heavy atom. The minimum atomic E-state index is -0.605. The fourth-order valence-electron chi connectivity index (χ4n) is 1.96. The molecule has 0 radical (unpaired) electrons. The molecule has 0 aliphatic carbocycles. The van der Waals surface area contributed by atoms with Gasteiger partial charge in [-0.3, -0.25) is 20.2 Å². The van der Waals surface area contributed by atoms with Crippen molar-refractivity contribution >= 4 is 35.6 Å². The maximum absolute atomic E-state index is 11.8. The van der Waals surface area contributed by atoms with Crippen LogP contribution in [-0.4, -0.2) is 52.9 Å². The number of hydrogen-bond acceptors (Lipinski definition) is 8. The maximum atomic E-state index is 11.8. The van der Waals surface area contributed by atoms with Gasteiger partial charge in [0.25, 0.3) is 5.22 Å². The number of amides is 6. The van der Waals surface area contributed by atoms with Crippen LogP contribution in [0.2, 0.25) is 0 Å². The Bertz CT molecular complexity index is 662. The van der Waals surface area contributed by atoms with Gasteiger partial charge in [0, 0.05) is 19.5 Å². The van der Waals surface area contributed by atoms with Gasteiger partial charge in [-0.15, -0.1) is 10.2 Å². The molecule has 2 unspecified atom stereocenters. The summed E-state index contributed by atoms with van der Waals surface area (Å²) in [6.07, 6.45) is 0.158. The molecule has 12 heteroatoms. The maximum Gasteiger partial charge on any atom is 0.321 e. The summed E-state index contributed by atoms with van der Waals surface area (Å²) in [6, 6.07) is -1.51. The molecule has 1 fully saturated rings. The average molecular weight is 356 g/mol. The Hall–Kier alpha value is -2.63. The van der Waals surface area contributed by atoms with E-state index in [4.69, 9.17) is 4.42 Å². The Labute approximate surface area is 140 Å². The van der Waals surface area contributed by atoms with Crippen LogP contribution in [0, 0.1) is 5.92 Å². The SMILES string of the molecule is CNC(=O)NC(=O)CSc1nnc(CC2C(=O)NC(=O)NC2C)o1. The van der Waals surface area contributed by atoms with E-state index in [1.54, 1.807) is 6.92 Å². The second-order valence-electron chi connectivity index (χ2n) is 4.94. The summed E-state index contributed by atoms with van der Waals surface area (Å²) in [6.45, 7) is 1.70. The van der Waals surface area contributed by atoms with E-state index in [2.05, 4.69) is 31.5 Å². The second-order valence-corrected chi connectivity index (χ2v) is 5.87. The Balaban J connectivity index is 1.87. The molecule has 0 saturated carbocycles. The van der Waals surface area contributed by atoms with Gasteiger partial charge < -0.3 is 15.1 Å². The van der Waals surface area contributed by atoms with E-state index in [0.717, 1.165) is 11.8 Å². The number of aromatic nitrogens is 2. The zero-order chi connectivity index (χ0) is 17.7. The van der Waals surface area contributed by atoms with Gasteiger partial charge in [0.2, 0.25) is 17.7 Å². The van der Waals surface area contributed by atoms with Crippen molar-refractivity contribution in [2.24, 2.45) is 5.92 Å². The zero-order valence-electron chi connectivity index (χ0n) is 12.9. The van der Waals surface area contributed by atoms with E-state index in [9.17, 15) is 19.2 Å². The first-order chi connectivity index (χ1) is 11.4. The number of hydrogen-bond donors (Lipinski definition) is 4. The molecule has 1 aliphatic rings. The van der Waals surface area contributed by atoms with Gasteiger partial charge in [-0.05, 0) is 6.92 Å². The van der Waals surface area contributed by atoms with Crippen molar-refractivity contribution in [1.82, 2.24) is 31.5 Å². The Morgan fingerprint density at radius 2 is 2.08 bits per heavy atom. The summed E-state index contributed by atoms with van der Waals surface area (Å²) in [5.41, 5.74) is 0. The molecule has 130 valence electrons. The molecule has 2 heterocycles. The number of carbonyl (C=O) groups excluding carboxylic acids is 4. The molecule has 0 bridgehead atoms. The van der Waals surface area contributed by atoms with E-state index in [1.807, 2.05) is 0 Å². The Morgan fingerprint density at radius 1 is 1.33 bits per heavy atom. The summed E-state index contributed by atoms with van der Waals surface area (Å²) in [5.74, 6) is -1.32. The van der Waals surface area contributed by atoms with Crippen molar-refractivity contribution in [3.63, 3.8) is 0 Å². The van der Waals surface area contributed by atoms with Gasteiger partial charge in [0.1, 0.15) is 0 Å². The van der Waals surface area contributed by atoms with Crippen molar-refractivity contribution in [3.8, 4) is 0 Å². The number of urea groups is 2. The lowest BCUT2D eigenvalue weighted by Gasteiger charge is -2.27. The van der Waals surface area contributed by atoms with Crippen molar-refractivity contribution in [2.75, 3.05) is 12.8 Å². The Kier molecular flexibility index (Phi) is 5.73. The quantitative estimate of drug-likeness (QED) is 0.490. The molecule has 2 rings (SSSR count). The van der Waals surface area contributed by atoms with Crippen LogP contribution in [-0.2, 0) is 16.0 Å². The fraction of sp³-hybridized carbons (Fsp3) is 0.500. The summed E-state index contributed by atoms with van der Waals surface area (Å²) >= 11 is 0.963. The highest BCUT2D eigenvalue weighted by molar-refractivity contribution is 7.99. The van der Waals surface area contributed by atoms with Crippen LogP contribution in [0.25, 0.3) is 0 Å². The third kappa shape index (κ3) is 4.68. The smallest absolute Gasteiger partial charge is 0.321 e. The fourth-order valence-corrected chi connectivity index (χ4v) is 2.54. The molecule has 0 aromatic carbocycles. The van der Waals surface area contributed by atoms with Gasteiger partial charge in [0.05, 0.1) is 11.7 Å². The minimum Gasteiger partial charge on any atom is -0.416 e. The molecule has 1 saturated heterocycles. The summed E-state index contributed by atoms with van der Waals surface area (Å²) in [5, 5.41) is 16.8. The van der Waals surface area contributed by atoms with Crippen molar-refractivity contribution < 1.29 is 23.6 Å². The molecule has 24 heavy (non-hydrogen) atoms. The van der Waals surface area contributed by atoms with Crippen LogP contribution in [0.1, 0.15) is 12.8 Å². The van der Waals surface area contributed by atoms with Crippen molar-refractivity contribution in [3.05, 3.63) is 5.89 Å². The first-order valence-corrected chi connectivity index (χ1v) is 7.95. The van der Waals surface area contributed by atoms with Crippen LogP contribution in [0.3, 0.4) is 0 Å². The summed E-state index contributed by atoms with van der Waals surface area (Å²) in [7, 11) is 1.39.